The molecule has 1 fully saturated rings. The minimum Gasteiger partial charge on any atom is -0.389 e. The van der Waals surface area contributed by atoms with Gasteiger partial charge in [0.2, 0.25) is 0 Å². The zero-order valence-electron chi connectivity index (χ0n) is 8.87. The van der Waals surface area contributed by atoms with Crippen LogP contribution in [0, 0.1) is 5.92 Å². The average Bonchev–Trinajstić information content (AvgIpc) is 2.20. The Hall–Kier alpha value is -0.160. The van der Waals surface area contributed by atoms with E-state index in [2.05, 4.69) is 5.32 Å². The molecule has 0 aromatic rings. The first-order valence-corrected chi connectivity index (χ1v) is 5.28. The van der Waals surface area contributed by atoms with E-state index in [1.165, 1.54) is 6.42 Å². The van der Waals surface area contributed by atoms with E-state index in [1.807, 2.05) is 0 Å². The Morgan fingerprint density at radius 1 is 1.64 bits per heavy atom. The number of rotatable bonds is 6. The van der Waals surface area contributed by atoms with Crippen LogP contribution in [-0.4, -0.2) is 51.2 Å². The van der Waals surface area contributed by atoms with E-state index in [4.69, 9.17) is 9.47 Å². The smallest absolute Gasteiger partial charge is 0.0897 e. The molecule has 2 N–H and O–H groups in total. The molecular weight excluding hydrogens is 182 g/mol. The van der Waals surface area contributed by atoms with Crippen molar-refractivity contribution < 1.29 is 14.6 Å². The summed E-state index contributed by atoms with van der Waals surface area (Å²) in [5.74, 6) is 0.610. The molecule has 0 aromatic carbocycles. The Morgan fingerprint density at radius 2 is 2.50 bits per heavy atom. The summed E-state index contributed by atoms with van der Waals surface area (Å²) in [6.45, 7) is 3.69. The van der Waals surface area contributed by atoms with Crippen molar-refractivity contribution >= 4 is 0 Å². The van der Waals surface area contributed by atoms with Crippen molar-refractivity contribution in [3.63, 3.8) is 0 Å². The lowest BCUT2D eigenvalue weighted by Gasteiger charge is -2.22. The maximum absolute atomic E-state index is 9.36. The summed E-state index contributed by atoms with van der Waals surface area (Å²) < 4.78 is 10.2. The molecular formula is C10H21NO3. The largest absolute Gasteiger partial charge is 0.389 e. The number of ether oxygens (including phenoxy) is 2. The van der Waals surface area contributed by atoms with Crippen molar-refractivity contribution in [1.82, 2.24) is 5.32 Å². The Bertz CT molecular complexity index is 137. The van der Waals surface area contributed by atoms with Gasteiger partial charge in [0.15, 0.2) is 0 Å². The molecule has 2 atom stereocenters. The lowest BCUT2D eigenvalue weighted by molar-refractivity contribution is 0.0463. The average molecular weight is 203 g/mol. The van der Waals surface area contributed by atoms with Crippen molar-refractivity contribution in [2.24, 2.45) is 5.92 Å². The fourth-order valence-corrected chi connectivity index (χ4v) is 1.67. The van der Waals surface area contributed by atoms with Gasteiger partial charge in [0, 0.05) is 26.8 Å². The molecule has 1 rings (SSSR count). The summed E-state index contributed by atoms with van der Waals surface area (Å²) in [7, 11) is 1.60. The highest BCUT2D eigenvalue weighted by atomic mass is 16.5. The summed E-state index contributed by atoms with van der Waals surface area (Å²) in [5.41, 5.74) is 0. The minimum atomic E-state index is -0.399. The number of aliphatic hydroxyl groups excluding tert-OH is 1. The van der Waals surface area contributed by atoms with Gasteiger partial charge in [0.1, 0.15) is 0 Å². The van der Waals surface area contributed by atoms with Crippen LogP contribution in [0.25, 0.3) is 0 Å². The summed E-state index contributed by atoms with van der Waals surface area (Å²) in [4.78, 5) is 0. The van der Waals surface area contributed by atoms with Crippen molar-refractivity contribution in [3.8, 4) is 0 Å². The third kappa shape index (κ3) is 4.91. The summed E-state index contributed by atoms with van der Waals surface area (Å²) >= 11 is 0. The highest BCUT2D eigenvalue weighted by Gasteiger charge is 2.13. The zero-order valence-corrected chi connectivity index (χ0v) is 8.87. The predicted molar refractivity (Wildman–Crippen MR) is 54.3 cm³/mol. The van der Waals surface area contributed by atoms with Gasteiger partial charge in [-0.1, -0.05) is 0 Å². The van der Waals surface area contributed by atoms with Gasteiger partial charge in [-0.05, 0) is 18.8 Å². The van der Waals surface area contributed by atoms with Crippen molar-refractivity contribution in [2.45, 2.75) is 18.9 Å². The van der Waals surface area contributed by atoms with E-state index in [1.54, 1.807) is 7.11 Å². The molecule has 0 saturated carbocycles. The van der Waals surface area contributed by atoms with Crippen LogP contribution in [0.4, 0.5) is 0 Å². The van der Waals surface area contributed by atoms with E-state index in [9.17, 15) is 5.11 Å². The first-order valence-electron chi connectivity index (χ1n) is 5.28. The summed E-state index contributed by atoms with van der Waals surface area (Å²) in [6.07, 6.45) is 1.99. The molecule has 1 aliphatic rings. The predicted octanol–water partition coefficient (Wildman–Crippen LogP) is 0.00990. The van der Waals surface area contributed by atoms with E-state index in [0.29, 0.717) is 19.1 Å². The highest BCUT2D eigenvalue weighted by molar-refractivity contribution is 4.67. The SMILES string of the molecule is COCC(O)CNCC1CCCOC1. The van der Waals surface area contributed by atoms with Gasteiger partial charge in [-0.2, -0.15) is 0 Å². The molecule has 4 nitrogen and oxygen atoms in total. The monoisotopic (exact) mass is 203 g/mol. The van der Waals surface area contributed by atoms with Crippen LogP contribution in [0.3, 0.4) is 0 Å². The first-order chi connectivity index (χ1) is 6.83. The normalized spacial score (nSPS) is 24.9. The molecule has 1 aliphatic heterocycles. The van der Waals surface area contributed by atoms with Crippen LogP contribution >= 0.6 is 0 Å². The maximum Gasteiger partial charge on any atom is 0.0897 e. The number of methoxy groups -OCH3 is 1. The summed E-state index contributed by atoms with van der Waals surface area (Å²) in [6, 6.07) is 0. The van der Waals surface area contributed by atoms with Crippen LogP contribution in [0.15, 0.2) is 0 Å². The number of aliphatic hydroxyl groups is 1. The molecule has 0 spiro atoms. The quantitative estimate of drug-likeness (QED) is 0.638. The van der Waals surface area contributed by atoms with Gasteiger partial charge in [-0.15, -0.1) is 0 Å². The first kappa shape index (κ1) is 11.9. The van der Waals surface area contributed by atoms with Gasteiger partial charge < -0.3 is 19.9 Å². The van der Waals surface area contributed by atoms with E-state index in [-0.39, 0.29) is 0 Å². The lowest BCUT2D eigenvalue weighted by atomic mass is 10.0. The maximum atomic E-state index is 9.36. The third-order valence-electron chi connectivity index (χ3n) is 2.43. The molecule has 84 valence electrons. The van der Waals surface area contributed by atoms with Crippen LogP contribution < -0.4 is 5.32 Å². The Balaban J connectivity index is 1.96. The number of hydrogen-bond acceptors (Lipinski definition) is 4. The van der Waals surface area contributed by atoms with E-state index < -0.39 is 6.10 Å². The molecule has 1 heterocycles. The molecule has 0 aliphatic carbocycles. The molecule has 2 unspecified atom stereocenters. The molecule has 0 bridgehead atoms. The Kier molecular flexibility index (Phi) is 6.10. The lowest BCUT2D eigenvalue weighted by Crippen LogP contribution is -2.35. The highest BCUT2D eigenvalue weighted by Crippen LogP contribution is 2.11. The second kappa shape index (κ2) is 7.17. The van der Waals surface area contributed by atoms with E-state index in [0.717, 1.165) is 26.2 Å². The van der Waals surface area contributed by atoms with Gasteiger partial charge in [-0.3, -0.25) is 0 Å². The Labute approximate surface area is 85.6 Å². The fraction of sp³-hybridized carbons (Fsp3) is 1.00. The van der Waals surface area contributed by atoms with E-state index >= 15 is 0 Å². The van der Waals surface area contributed by atoms with Crippen LogP contribution in [-0.2, 0) is 9.47 Å². The standard InChI is InChI=1S/C10H21NO3/c1-13-8-10(12)6-11-5-9-3-2-4-14-7-9/h9-12H,2-8H2,1H3. The van der Waals surface area contributed by atoms with Crippen LogP contribution in [0.5, 0.6) is 0 Å². The van der Waals surface area contributed by atoms with Gasteiger partial charge in [0.05, 0.1) is 19.3 Å². The fourth-order valence-electron chi connectivity index (χ4n) is 1.67. The van der Waals surface area contributed by atoms with Crippen molar-refractivity contribution in [2.75, 3.05) is 40.0 Å². The van der Waals surface area contributed by atoms with Crippen LogP contribution in [0.1, 0.15) is 12.8 Å². The molecule has 0 amide bonds. The molecule has 1 saturated heterocycles. The Morgan fingerprint density at radius 3 is 3.14 bits per heavy atom. The second-order valence-electron chi connectivity index (χ2n) is 3.85. The molecule has 0 radical (unpaired) electrons. The van der Waals surface area contributed by atoms with Gasteiger partial charge in [0.25, 0.3) is 0 Å². The second-order valence-corrected chi connectivity index (χ2v) is 3.85. The molecule has 4 heteroatoms. The van der Waals surface area contributed by atoms with Crippen molar-refractivity contribution in [3.05, 3.63) is 0 Å². The van der Waals surface area contributed by atoms with Gasteiger partial charge in [-0.25, -0.2) is 0 Å². The summed E-state index contributed by atoms with van der Waals surface area (Å²) in [5, 5.41) is 12.6. The number of nitrogens with one attached hydrogen (secondary N) is 1. The van der Waals surface area contributed by atoms with Gasteiger partial charge >= 0.3 is 0 Å². The number of hydrogen-bond donors (Lipinski definition) is 2. The minimum absolute atomic E-state index is 0.397. The van der Waals surface area contributed by atoms with Crippen molar-refractivity contribution in [1.29, 1.82) is 0 Å². The molecule has 0 aromatic heterocycles. The molecule has 14 heavy (non-hydrogen) atoms. The topological polar surface area (TPSA) is 50.7 Å². The van der Waals surface area contributed by atoms with Crippen LogP contribution in [0.2, 0.25) is 0 Å². The third-order valence-corrected chi connectivity index (χ3v) is 2.43. The zero-order chi connectivity index (χ0) is 10.2.